The molecule has 1 fully saturated rings. The zero-order valence-electron chi connectivity index (χ0n) is 13.4. The second-order valence-corrected chi connectivity index (χ2v) is 5.95. The molecule has 2 N–H and O–H groups in total. The number of nitrogens with zero attached hydrogens (tertiary/aromatic N) is 4. The number of aromatic nitrogens is 4. The Balaban J connectivity index is 1.57. The van der Waals surface area contributed by atoms with Crippen molar-refractivity contribution in [3.8, 4) is 0 Å². The molecule has 0 bridgehead atoms. The molecule has 3 rings (SSSR count). The number of hydrogen-bond acceptors (Lipinski definition) is 5. The maximum Gasteiger partial charge on any atom is 0.435 e. The molecule has 26 heavy (non-hydrogen) atoms. The highest BCUT2D eigenvalue weighted by Crippen LogP contribution is 2.42. The summed E-state index contributed by atoms with van der Waals surface area (Å²) in [7, 11) is 0. The molecular weight excluding hydrogens is 357 g/mol. The summed E-state index contributed by atoms with van der Waals surface area (Å²) in [6.07, 6.45) is -1.57. The Morgan fingerprint density at radius 1 is 1.46 bits per heavy atom. The topological polar surface area (TPSA) is 119 Å². The van der Waals surface area contributed by atoms with E-state index in [0.717, 1.165) is 25.1 Å². The molecule has 2 aromatic rings. The van der Waals surface area contributed by atoms with Gasteiger partial charge < -0.3 is 5.32 Å². The largest absolute Gasteiger partial charge is 0.435 e. The number of hydrogen-bond donors (Lipinski definition) is 2. The number of rotatable bonds is 7. The van der Waals surface area contributed by atoms with Gasteiger partial charge in [0, 0.05) is 24.7 Å². The Labute approximate surface area is 144 Å². The lowest BCUT2D eigenvalue weighted by Crippen LogP contribution is -2.26. The molecule has 0 saturated heterocycles. The number of alkyl halides is 3. The lowest BCUT2D eigenvalue weighted by Gasteiger charge is -2.07. The van der Waals surface area contributed by atoms with E-state index in [-0.39, 0.29) is 24.7 Å². The van der Waals surface area contributed by atoms with Crippen LogP contribution in [0.4, 0.5) is 18.9 Å². The van der Waals surface area contributed by atoms with Crippen molar-refractivity contribution < 1.29 is 22.9 Å². The number of aryl methyl sites for hydroxylation is 1. The first-order valence-electron chi connectivity index (χ1n) is 7.88. The summed E-state index contributed by atoms with van der Waals surface area (Å²) in [5, 5.41) is 22.6. The summed E-state index contributed by atoms with van der Waals surface area (Å²) in [4.78, 5) is 21.9. The molecule has 1 aliphatic rings. The van der Waals surface area contributed by atoms with Gasteiger partial charge in [-0.1, -0.05) is 0 Å². The van der Waals surface area contributed by atoms with Crippen LogP contribution < -0.4 is 5.32 Å². The van der Waals surface area contributed by atoms with Gasteiger partial charge in [0.1, 0.15) is 6.20 Å². The van der Waals surface area contributed by atoms with E-state index in [2.05, 4.69) is 20.6 Å². The lowest BCUT2D eigenvalue weighted by atomic mass is 10.2. The molecular formula is C14H15F3N6O3. The van der Waals surface area contributed by atoms with E-state index in [1.165, 1.54) is 4.68 Å². The van der Waals surface area contributed by atoms with Crippen LogP contribution in [0.2, 0.25) is 0 Å². The van der Waals surface area contributed by atoms with Crippen LogP contribution in [-0.2, 0) is 12.7 Å². The van der Waals surface area contributed by atoms with Crippen molar-refractivity contribution in [3.63, 3.8) is 0 Å². The molecule has 9 nitrogen and oxygen atoms in total. The fourth-order valence-electron chi connectivity index (χ4n) is 2.56. The Kier molecular flexibility index (Phi) is 4.66. The van der Waals surface area contributed by atoms with E-state index in [1.807, 2.05) is 0 Å². The first kappa shape index (κ1) is 17.9. The van der Waals surface area contributed by atoms with Crippen molar-refractivity contribution in [1.29, 1.82) is 0 Å². The van der Waals surface area contributed by atoms with Gasteiger partial charge in [0.05, 0.1) is 4.92 Å². The maximum atomic E-state index is 12.8. The van der Waals surface area contributed by atoms with Gasteiger partial charge in [-0.2, -0.15) is 23.4 Å². The molecule has 1 aliphatic carbocycles. The second-order valence-electron chi connectivity index (χ2n) is 5.95. The van der Waals surface area contributed by atoms with Gasteiger partial charge in [-0.15, -0.1) is 0 Å². The van der Waals surface area contributed by atoms with Crippen molar-refractivity contribution in [2.45, 2.75) is 37.9 Å². The van der Waals surface area contributed by atoms with Gasteiger partial charge in [0.2, 0.25) is 5.69 Å². The van der Waals surface area contributed by atoms with Gasteiger partial charge >= 0.3 is 11.9 Å². The van der Waals surface area contributed by atoms with Crippen molar-refractivity contribution in [2.75, 3.05) is 6.54 Å². The first-order valence-corrected chi connectivity index (χ1v) is 7.88. The van der Waals surface area contributed by atoms with Gasteiger partial charge in [-0.3, -0.25) is 24.7 Å². The quantitative estimate of drug-likeness (QED) is 0.439. The monoisotopic (exact) mass is 372 g/mol. The lowest BCUT2D eigenvalue weighted by molar-refractivity contribution is -0.385. The van der Waals surface area contributed by atoms with Crippen LogP contribution in [0.1, 0.15) is 47.1 Å². The standard InChI is InChI=1S/C14H15F3N6O3/c15-14(16,17)11-6-9(8-2-3-8)22(21-11)5-1-4-18-13(24)12-10(23(25)26)7-19-20-12/h6-8H,1-5H2,(H,18,24)(H,19,20). The van der Waals surface area contributed by atoms with Gasteiger partial charge in [0.15, 0.2) is 5.69 Å². The summed E-state index contributed by atoms with van der Waals surface area (Å²) in [5.74, 6) is -0.603. The molecule has 0 aromatic carbocycles. The zero-order valence-corrected chi connectivity index (χ0v) is 13.4. The highest BCUT2D eigenvalue weighted by Gasteiger charge is 2.37. The fraction of sp³-hybridized carbons (Fsp3) is 0.500. The number of nitrogens with one attached hydrogen (secondary N) is 2. The SMILES string of the molecule is O=C(NCCCn1nc(C(F)(F)F)cc1C1CC1)c1[nH]ncc1[N+](=O)[O-]. The average Bonchev–Trinajstić information content (AvgIpc) is 3.11. The number of halogens is 3. The number of carbonyl (C=O) groups is 1. The number of amides is 1. The van der Waals surface area contributed by atoms with Gasteiger partial charge in [-0.25, -0.2) is 0 Å². The van der Waals surface area contributed by atoms with E-state index < -0.39 is 28.4 Å². The Hall–Kier alpha value is -2.92. The number of nitro groups is 1. The molecule has 0 aliphatic heterocycles. The summed E-state index contributed by atoms with van der Waals surface area (Å²) < 4.78 is 39.8. The molecule has 0 spiro atoms. The van der Waals surface area contributed by atoms with E-state index >= 15 is 0 Å². The van der Waals surface area contributed by atoms with Crippen LogP contribution >= 0.6 is 0 Å². The van der Waals surface area contributed by atoms with Gasteiger partial charge in [0.25, 0.3) is 5.91 Å². The number of aromatic amines is 1. The Bertz CT molecular complexity index is 824. The zero-order chi connectivity index (χ0) is 18.9. The maximum absolute atomic E-state index is 12.8. The number of H-pyrrole nitrogens is 1. The van der Waals surface area contributed by atoms with Crippen LogP contribution in [0, 0.1) is 10.1 Å². The molecule has 140 valence electrons. The van der Waals surface area contributed by atoms with Crippen LogP contribution in [-0.4, -0.2) is 37.4 Å². The summed E-state index contributed by atoms with van der Waals surface area (Å²) in [6, 6.07) is 1.07. The summed E-state index contributed by atoms with van der Waals surface area (Å²) in [6.45, 7) is 0.327. The predicted octanol–water partition coefficient (Wildman–Crippen LogP) is 2.23. The highest BCUT2D eigenvalue weighted by molar-refractivity contribution is 5.95. The van der Waals surface area contributed by atoms with Crippen molar-refractivity contribution >= 4 is 11.6 Å². The second kappa shape index (κ2) is 6.77. The third-order valence-electron chi connectivity index (χ3n) is 3.97. The third-order valence-corrected chi connectivity index (χ3v) is 3.97. The summed E-state index contributed by atoms with van der Waals surface area (Å²) in [5.41, 5.74) is -1.09. The molecule has 0 radical (unpaired) electrons. The van der Waals surface area contributed by atoms with E-state index in [0.29, 0.717) is 12.1 Å². The minimum atomic E-state index is -4.50. The predicted molar refractivity (Wildman–Crippen MR) is 81.4 cm³/mol. The van der Waals surface area contributed by atoms with Crippen LogP contribution in [0.25, 0.3) is 0 Å². The molecule has 1 saturated carbocycles. The van der Waals surface area contributed by atoms with Gasteiger partial charge in [-0.05, 0) is 25.3 Å². The first-order chi connectivity index (χ1) is 12.3. The van der Waals surface area contributed by atoms with Crippen molar-refractivity contribution in [2.24, 2.45) is 0 Å². The molecule has 2 aromatic heterocycles. The highest BCUT2D eigenvalue weighted by atomic mass is 19.4. The average molecular weight is 372 g/mol. The smallest absolute Gasteiger partial charge is 0.350 e. The van der Waals surface area contributed by atoms with Crippen LogP contribution in [0.3, 0.4) is 0 Å². The Morgan fingerprint density at radius 3 is 2.81 bits per heavy atom. The molecule has 0 atom stereocenters. The van der Waals surface area contributed by atoms with Crippen molar-refractivity contribution in [1.82, 2.24) is 25.3 Å². The Morgan fingerprint density at radius 2 is 2.19 bits per heavy atom. The molecule has 12 heteroatoms. The van der Waals surface area contributed by atoms with Crippen LogP contribution in [0.5, 0.6) is 0 Å². The number of carbonyl (C=O) groups excluding carboxylic acids is 1. The fourth-order valence-corrected chi connectivity index (χ4v) is 2.56. The van der Waals surface area contributed by atoms with Crippen molar-refractivity contribution in [3.05, 3.63) is 39.5 Å². The van der Waals surface area contributed by atoms with Crippen LogP contribution in [0.15, 0.2) is 12.3 Å². The normalized spacial score (nSPS) is 14.4. The van der Waals surface area contributed by atoms with E-state index in [4.69, 9.17) is 0 Å². The van der Waals surface area contributed by atoms with E-state index in [9.17, 15) is 28.1 Å². The molecule has 0 unspecified atom stereocenters. The molecule has 2 heterocycles. The minimum absolute atomic E-state index is 0.0980. The third kappa shape index (κ3) is 3.83. The summed E-state index contributed by atoms with van der Waals surface area (Å²) >= 11 is 0. The van der Waals surface area contributed by atoms with E-state index in [1.54, 1.807) is 0 Å². The molecule has 1 amide bonds. The minimum Gasteiger partial charge on any atom is -0.350 e.